The second-order valence-corrected chi connectivity index (χ2v) is 8.15. The number of benzene rings is 2. The Morgan fingerprint density at radius 3 is 2.48 bits per heavy atom. The number of anilines is 1. The zero-order valence-corrected chi connectivity index (χ0v) is 18.6. The monoisotopic (exact) mass is 421 g/mol. The quantitative estimate of drug-likeness (QED) is 0.635. The minimum atomic E-state index is -0.190. The Labute approximate surface area is 183 Å². The van der Waals surface area contributed by atoms with Crippen molar-refractivity contribution in [2.45, 2.75) is 20.4 Å². The second-order valence-electron chi connectivity index (χ2n) is 8.15. The number of hydrogen-bond donors (Lipinski definition) is 1. The van der Waals surface area contributed by atoms with Crippen molar-refractivity contribution in [3.63, 3.8) is 0 Å². The molecule has 31 heavy (non-hydrogen) atoms. The predicted octanol–water partition coefficient (Wildman–Crippen LogP) is 3.04. The zero-order chi connectivity index (χ0) is 21.8. The van der Waals surface area contributed by atoms with Crippen LogP contribution in [0.15, 0.2) is 42.5 Å². The first kappa shape index (κ1) is 21.3. The number of aryl methyl sites for hydroxylation is 2. The minimum absolute atomic E-state index is 0.0295. The van der Waals surface area contributed by atoms with Gasteiger partial charge in [-0.05, 0) is 43.8 Å². The molecule has 1 saturated heterocycles. The van der Waals surface area contributed by atoms with E-state index in [1.807, 2.05) is 49.4 Å². The molecule has 1 amide bonds. The maximum atomic E-state index is 12.3. The van der Waals surface area contributed by atoms with Gasteiger partial charge in [0, 0.05) is 38.9 Å². The molecule has 4 rings (SSSR count). The van der Waals surface area contributed by atoms with Gasteiger partial charge in [-0.1, -0.05) is 24.6 Å². The van der Waals surface area contributed by atoms with Crippen LogP contribution in [-0.2, 0) is 18.4 Å². The predicted molar refractivity (Wildman–Crippen MR) is 123 cm³/mol. The summed E-state index contributed by atoms with van der Waals surface area (Å²) in [5.74, 6) is 1.54. The van der Waals surface area contributed by atoms with Crippen molar-refractivity contribution >= 4 is 22.6 Å². The summed E-state index contributed by atoms with van der Waals surface area (Å²) < 4.78 is 7.71. The number of rotatable bonds is 7. The zero-order valence-electron chi connectivity index (χ0n) is 18.6. The standard InChI is InChI=1S/C24H31N5O2/c1-4-28-11-13-29(14-12-28)16-23-26-21-15-19(7-10-22(21)27(23)3)25-24(30)17-31-20-8-5-18(2)6-9-20/h5-10,15H,4,11-14,16-17H2,1-3H3,(H,25,30). The lowest BCUT2D eigenvalue weighted by atomic mass is 10.2. The normalized spacial score (nSPS) is 15.3. The Balaban J connectivity index is 1.37. The summed E-state index contributed by atoms with van der Waals surface area (Å²) in [5, 5.41) is 2.91. The minimum Gasteiger partial charge on any atom is -0.484 e. The van der Waals surface area contributed by atoms with Crippen LogP contribution < -0.4 is 10.1 Å². The molecule has 7 nitrogen and oxygen atoms in total. The fraction of sp³-hybridized carbons (Fsp3) is 0.417. The Kier molecular flexibility index (Phi) is 6.53. The van der Waals surface area contributed by atoms with E-state index in [1.165, 1.54) is 0 Å². The van der Waals surface area contributed by atoms with Gasteiger partial charge >= 0.3 is 0 Å². The smallest absolute Gasteiger partial charge is 0.262 e. The molecule has 0 saturated carbocycles. The molecule has 0 bridgehead atoms. The van der Waals surface area contributed by atoms with Crippen LogP contribution in [0.5, 0.6) is 5.75 Å². The van der Waals surface area contributed by atoms with Crippen LogP contribution in [-0.4, -0.2) is 64.6 Å². The fourth-order valence-electron chi connectivity index (χ4n) is 3.91. The first-order chi connectivity index (χ1) is 15.0. The molecule has 0 atom stereocenters. The number of hydrogen-bond acceptors (Lipinski definition) is 5. The molecule has 0 aliphatic carbocycles. The molecular formula is C24H31N5O2. The first-order valence-corrected chi connectivity index (χ1v) is 10.9. The Bertz CT molecular complexity index is 1040. The van der Waals surface area contributed by atoms with E-state index in [0.717, 1.165) is 67.4 Å². The van der Waals surface area contributed by atoms with Crippen molar-refractivity contribution in [2.75, 3.05) is 44.6 Å². The highest BCUT2D eigenvalue weighted by Gasteiger charge is 2.18. The van der Waals surface area contributed by atoms with Crippen molar-refractivity contribution in [2.24, 2.45) is 7.05 Å². The summed E-state index contributed by atoms with van der Waals surface area (Å²) in [4.78, 5) is 22.1. The van der Waals surface area contributed by atoms with Crippen LogP contribution in [0, 0.1) is 6.92 Å². The molecule has 1 fully saturated rings. The van der Waals surface area contributed by atoms with E-state index in [1.54, 1.807) is 0 Å². The molecular weight excluding hydrogens is 390 g/mol. The number of carbonyl (C=O) groups is 1. The van der Waals surface area contributed by atoms with Crippen molar-refractivity contribution in [3.05, 3.63) is 53.9 Å². The molecule has 7 heteroatoms. The number of ether oxygens (including phenoxy) is 1. The highest BCUT2D eigenvalue weighted by molar-refractivity contribution is 5.94. The Morgan fingerprint density at radius 2 is 1.77 bits per heavy atom. The topological polar surface area (TPSA) is 62.6 Å². The van der Waals surface area contributed by atoms with Crippen LogP contribution in [0.25, 0.3) is 11.0 Å². The lowest BCUT2D eigenvalue weighted by Gasteiger charge is -2.33. The van der Waals surface area contributed by atoms with Gasteiger partial charge in [-0.3, -0.25) is 9.69 Å². The van der Waals surface area contributed by atoms with Crippen LogP contribution >= 0.6 is 0 Å². The van der Waals surface area contributed by atoms with Gasteiger partial charge in [0.15, 0.2) is 6.61 Å². The van der Waals surface area contributed by atoms with Gasteiger partial charge in [0.2, 0.25) is 0 Å². The molecule has 164 valence electrons. The van der Waals surface area contributed by atoms with E-state index in [9.17, 15) is 4.79 Å². The van der Waals surface area contributed by atoms with E-state index in [2.05, 4.69) is 33.7 Å². The third kappa shape index (κ3) is 5.24. The largest absolute Gasteiger partial charge is 0.484 e. The summed E-state index contributed by atoms with van der Waals surface area (Å²) in [6, 6.07) is 13.5. The lowest BCUT2D eigenvalue weighted by molar-refractivity contribution is -0.118. The third-order valence-electron chi connectivity index (χ3n) is 5.93. The molecule has 1 aromatic heterocycles. The van der Waals surface area contributed by atoms with Gasteiger partial charge in [0.1, 0.15) is 11.6 Å². The van der Waals surface area contributed by atoms with Crippen molar-refractivity contribution in [1.82, 2.24) is 19.4 Å². The molecule has 1 aliphatic rings. The number of aromatic nitrogens is 2. The molecule has 2 aromatic carbocycles. The lowest BCUT2D eigenvalue weighted by Crippen LogP contribution is -2.45. The van der Waals surface area contributed by atoms with E-state index in [4.69, 9.17) is 9.72 Å². The number of likely N-dealkylation sites (N-methyl/N-ethyl adjacent to an activating group) is 1. The Hall–Kier alpha value is -2.90. The summed E-state index contributed by atoms with van der Waals surface area (Å²) in [6.07, 6.45) is 0. The van der Waals surface area contributed by atoms with Gasteiger partial charge in [0.05, 0.1) is 17.6 Å². The number of amides is 1. The van der Waals surface area contributed by atoms with Gasteiger partial charge < -0.3 is 19.5 Å². The van der Waals surface area contributed by atoms with Crippen molar-refractivity contribution in [3.8, 4) is 5.75 Å². The molecule has 1 aliphatic heterocycles. The van der Waals surface area contributed by atoms with E-state index in [-0.39, 0.29) is 12.5 Å². The summed E-state index contributed by atoms with van der Waals surface area (Å²) in [7, 11) is 2.06. The Morgan fingerprint density at radius 1 is 1.06 bits per heavy atom. The maximum Gasteiger partial charge on any atom is 0.262 e. The van der Waals surface area contributed by atoms with Gasteiger partial charge in [-0.25, -0.2) is 4.98 Å². The van der Waals surface area contributed by atoms with Crippen molar-refractivity contribution in [1.29, 1.82) is 0 Å². The van der Waals surface area contributed by atoms with Crippen molar-refractivity contribution < 1.29 is 9.53 Å². The molecule has 1 N–H and O–H groups in total. The van der Waals surface area contributed by atoms with Gasteiger partial charge in [0.25, 0.3) is 5.91 Å². The number of piperazine rings is 1. The fourth-order valence-corrected chi connectivity index (χ4v) is 3.91. The van der Waals surface area contributed by atoms with E-state index < -0.39 is 0 Å². The van der Waals surface area contributed by atoms with Crippen LogP contribution in [0.2, 0.25) is 0 Å². The summed E-state index contributed by atoms with van der Waals surface area (Å²) in [5.41, 5.74) is 3.84. The number of nitrogens with zero attached hydrogens (tertiary/aromatic N) is 4. The number of imidazole rings is 1. The summed E-state index contributed by atoms with van der Waals surface area (Å²) in [6.45, 7) is 10.5. The van der Waals surface area contributed by atoms with E-state index >= 15 is 0 Å². The summed E-state index contributed by atoms with van der Waals surface area (Å²) >= 11 is 0. The highest BCUT2D eigenvalue weighted by atomic mass is 16.5. The molecule has 2 heterocycles. The number of nitrogens with one attached hydrogen (secondary N) is 1. The first-order valence-electron chi connectivity index (χ1n) is 10.9. The van der Waals surface area contributed by atoms with E-state index in [0.29, 0.717) is 5.75 Å². The van der Waals surface area contributed by atoms with Gasteiger partial charge in [-0.15, -0.1) is 0 Å². The highest BCUT2D eigenvalue weighted by Crippen LogP contribution is 2.21. The number of carbonyl (C=O) groups excluding carboxylic acids is 1. The SMILES string of the molecule is CCN1CCN(Cc2nc3cc(NC(=O)COc4ccc(C)cc4)ccc3n2C)CC1. The third-order valence-corrected chi connectivity index (χ3v) is 5.93. The second kappa shape index (κ2) is 9.49. The average molecular weight is 422 g/mol. The van der Waals surface area contributed by atoms with Crippen LogP contribution in [0.4, 0.5) is 5.69 Å². The van der Waals surface area contributed by atoms with Crippen LogP contribution in [0.1, 0.15) is 18.3 Å². The number of fused-ring (bicyclic) bond motifs is 1. The molecule has 0 radical (unpaired) electrons. The van der Waals surface area contributed by atoms with Crippen LogP contribution in [0.3, 0.4) is 0 Å². The average Bonchev–Trinajstić information content (AvgIpc) is 3.08. The molecule has 0 unspecified atom stereocenters. The molecule has 0 spiro atoms. The van der Waals surface area contributed by atoms with Gasteiger partial charge in [-0.2, -0.15) is 0 Å². The molecule has 3 aromatic rings. The maximum absolute atomic E-state index is 12.3.